The van der Waals surface area contributed by atoms with Crippen molar-refractivity contribution in [2.45, 2.75) is 63.6 Å². The lowest BCUT2D eigenvalue weighted by molar-refractivity contribution is -0.341. The number of carboxylic acid groups (broad SMARTS) is 1. The Morgan fingerprint density at radius 1 is 1.12 bits per heavy atom. The average Bonchev–Trinajstić information content (AvgIpc) is 2.93. The lowest BCUT2D eigenvalue weighted by Crippen LogP contribution is -2.57. The van der Waals surface area contributed by atoms with Gasteiger partial charge in [0, 0.05) is 0 Å². The van der Waals surface area contributed by atoms with Gasteiger partial charge in [0.2, 0.25) is 0 Å². The number of carbonyl (C=O) groups excluding carboxylic acids is 2. The van der Waals surface area contributed by atoms with Crippen LogP contribution in [0.1, 0.15) is 56.8 Å². The standard InChI is InChI=1S/C18H22F2O5/c1-16(2,18(19,20)15(22)23)25-14(21)12-6-8-13(9-7-12)24-17(3)10-4-5-11-17/h6-9H,4-5,10-11H2,1-3H3,(H,22,23)/p-1. The van der Waals surface area contributed by atoms with Gasteiger partial charge in [0.05, 0.1) is 5.56 Å². The van der Waals surface area contributed by atoms with E-state index in [4.69, 9.17) is 9.47 Å². The number of halogens is 2. The molecule has 0 unspecified atom stereocenters. The fourth-order valence-electron chi connectivity index (χ4n) is 2.77. The summed E-state index contributed by atoms with van der Waals surface area (Å²) < 4.78 is 37.8. The van der Waals surface area contributed by atoms with E-state index in [1.807, 2.05) is 6.92 Å². The number of carboxylic acids is 1. The molecule has 0 radical (unpaired) electrons. The molecule has 1 saturated carbocycles. The first-order valence-electron chi connectivity index (χ1n) is 8.09. The topological polar surface area (TPSA) is 75.7 Å². The van der Waals surface area contributed by atoms with Gasteiger partial charge in [0.25, 0.3) is 0 Å². The molecule has 0 N–H and O–H groups in total. The molecule has 0 aliphatic heterocycles. The van der Waals surface area contributed by atoms with Crippen molar-refractivity contribution in [1.29, 1.82) is 0 Å². The maximum Gasteiger partial charge on any atom is 0.338 e. The SMILES string of the molecule is CC1(Oc2ccc(C(=O)OC(C)(C)C(F)(F)C(=O)[O-])cc2)CCCC1. The second-order valence-electron chi connectivity index (χ2n) is 7.05. The van der Waals surface area contributed by atoms with Crippen LogP contribution in [-0.2, 0) is 9.53 Å². The van der Waals surface area contributed by atoms with Gasteiger partial charge in [-0.25, -0.2) is 4.79 Å². The van der Waals surface area contributed by atoms with Crippen LogP contribution < -0.4 is 9.84 Å². The molecule has 1 fully saturated rings. The smallest absolute Gasteiger partial charge is 0.338 e. The van der Waals surface area contributed by atoms with Crippen LogP contribution in [0.3, 0.4) is 0 Å². The van der Waals surface area contributed by atoms with Crippen LogP contribution in [0.4, 0.5) is 8.78 Å². The molecule has 1 aliphatic rings. The first-order valence-corrected chi connectivity index (χ1v) is 8.09. The van der Waals surface area contributed by atoms with E-state index in [9.17, 15) is 23.5 Å². The van der Waals surface area contributed by atoms with Crippen LogP contribution in [0.15, 0.2) is 24.3 Å². The molecule has 0 saturated heterocycles. The zero-order valence-electron chi connectivity index (χ0n) is 14.4. The maximum absolute atomic E-state index is 13.6. The molecule has 1 aromatic rings. The van der Waals surface area contributed by atoms with Crippen LogP contribution in [0.2, 0.25) is 0 Å². The number of alkyl halides is 2. The van der Waals surface area contributed by atoms with Gasteiger partial charge >= 0.3 is 11.9 Å². The Bertz CT molecular complexity index is 646. The molecule has 138 valence electrons. The molecular weight excluding hydrogens is 334 g/mol. The second-order valence-corrected chi connectivity index (χ2v) is 7.05. The third-order valence-corrected chi connectivity index (χ3v) is 4.48. The molecular formula is C18H21F2O5-. The Morgan fingerprint density at radius 3 is 2.12 bits per heavy atom. The highest BCUT2D eigenvalue weighted by Crippen LogP contribution is 2.35. The molecule has 0 amide bonds. The van der Waals surface area contributed by atoms with Gasteiger partial charge in [0.15, 0.2) is 5.60 Å². The van der Waals surface area contributed by atoms with Crippen LogP contribution >= 0.6 is 0 Å². The van der Waals surface area contributed by atoms with Crippen molar-refractivity contribution in [3.8, 4) is 5.75 Å². The normalized spacial score (nSPS) is 17.2. The third-order valence-electron chi connectivity index (χ3n) is 4.48. The van der Waals surface area contributed by atoms with Gasteiger partial charge in [-0.1, -0.05) is 0 Å². The molecule has 0 atom stereocenters. The highest BCUT2D eigenvalue weighted by Gasteiger charge is 2.51. The zero-order chi connectivity index (χ0) is 18.9. The van der Waals surface area contributed by atoms with Crippen LogP contribution in [0.25, 0.3) is 0 Å². The first kappa shape index (κ1) is 19.1. The minimum atomic E-state index is -4.32. The number of hydrogen-bond acceptors (Lipinski definition) is 5. The fraction of sp³-hybridized carbons (Fsp3) is 0.556. The van der Waals surface area contributed by atoms with Gasteiger partial charge in [-0.2, -0.15) is 8.78 Å². The summed E-state index contributed by atoms with van der Waals surface area (Å²) in [6, 6.07) is 5.90. The van der Waals surface area contributed by atoms with E-state index in [0.717, 1.165) is 39.5 Å². The van der Waals surface area contributed by atoms with Gasteiger partial charge in [-0.15, -0.1) is 0 Å². The summed E-state index contributed by atoms with van der Waals surface area (Å²) in [4.78, 5) is 22.6. The number of benzene rings is 1. The van der Waals surface area contributed by atoms with Crippen molar-refractivity contribution in [1.82, 2.24) is 0 Å². The third kappa shape index (κ3) is 4.08. The molecule has 1 aromatic carbocycles. The number of aliphatic carboxylic acids is 1. The van der Waals surface area contributed by atoms with Crippen molar-refractivity contribution >= 4 is 11.9 Å². The second kappa shape index (κ2) is 6.61. The van der Waals surface area contributed by atoms with E-state index < -0.39 is 23.5 Å². The van der Waals surface area contributed by atoms with Gasteiger partial charge < -0.3 is 19.4 Å². The molecule has 0 bridgehead atoms. The summed E-state index contributed by atoms with van der Waals surface area (Å²) in [6.45, 7) is 3.66. The van der Waals surface area contributed by atoms with E-state index in [0.29, 0.717) is 5.75 Å². The average molecular weight is 355 g/mol. The summed E-state index contributed by atoms with van der Waals surface area (Å²) >= 11 is 0. The van der Waals surface area contributed by atoms with Crippen molar-refractivity contribution in [3.05, 3.63) is 29.8 Å². The number of carbonyl (C=O) groups is 2. The number of hydrogen-bond donors (Lipinski definition) is 0. The van der Waals surface area contributed by atoms with Crippen LogP contribution in [-0.4, -0.2) is 29.1 Å². The number of esters is 1. The van der Waals surface area contributed by atoms with E-state index in [1.54, 1.807) is 12.1 Å². The first-order chi connectivity index (χ1) is 11.5. The Balaban J connectivity index is 2.06. The molecule has 7 heteroatoms. The van der Waals surface area contributed by atoms with Crippen molar-refractivity contribution in [3.63, 3.8) is 0 Å². The summed E-state index contributed by atoms with van der Waals surface area (Å²) in [5.74, 6) is -7.40. The van der Waals surface area contributed by atoms with Gasteiger partial charge in [0.1, 0.15) is 17.3 Å². The lowest BCUT2D eigenvalue weighted by atomic mass is 10.0. The lowest BCUT2D eigenvalue weighted by Gasteiger charge is -2.33. The van der Waals surface area contributed by atoms with E-state index >= 15 is 0 Å². The Kier molecular flexibility index (Phi) is 5.06. The highest BCUT2D eigenvalue weighted by molar-refractivity contribution is 5.90. The monoisotopic (exact) mass is 355 g/mol. The molecule has 0 aromatic heterocycles. The highest BCUT2D eigenvalue weighted by atomic mass is 19.3. The minimum absolute atomic E-state index is 0.0196. The zero-order valence-corrected chi connectivity index (χ0v) is 14.4. The summed E-state index contributed by atoms with van der Waals surface area (Å²) in [5.41, 5.74) is -2.76. The van der Waals surface area contributed by atoms with Crippen molar-refractivity contribution in [2.75, 3.05) is 0 Å². The van der Waals surface area contributed by atoms with Crippen molar-refractivity contribution < 1.29 is 33.0 Å². The Morgan fingerprint density at radius 2 is 1.64 bits per heavy atom. The number of rotatable bonds is 6. The predicted octanol–water partition coefficient (Wildman–Crippen LogP) is 2.72. The minimum Gasteiger partial charge on any atom is -0.544 e. The largest absolute Gasteiger partial charge is 0.544 e. The van der Waals surface area contributed by atoms with E-state index in [2.05, 4.69) is 0 Å². The number of ether oxygens (including phenoxy) is 2. The Labute approximate surface area is 144 Å². The molecule has 0 spiro atoms. The summed E-state index contributed by atoms with van der Waals surface area (Å²) in [6.07, 6.45) is 4.10. The quantitative estimate of drug-likeness (QED) is 0.734. The van der Waals surface area contributed by atoms with Gasteiger partial charge in [-0.05, 0) is 70.7 Å². The van der Waals surface area contributed by atoms with Crippen LogP contribution in [0.5, 0.6) is 5.75 Å². The molecule has 1 aliphatic carbocycles. The molecule has 0 heterocycles. The molecule has 25 heavy (non-hydrogen) atoms. The predicted molar refractivity (Wildman–Crippen MR) is 83.4 cm³/mol. The van der Waals surface area contributed by atoms with E-state index in [-0.39, 0.29) is 11.2 Å². The molecule has 2 rings (SSSR count). The molecule has 5 nitrogen and oxygen atoms in total. The summed E-state index contributed by atoms with van der Waals surface area (Å²) in [5, 5.41) is 10.6. The summed E-state index contributed by atoms with van der Waals surface area (Å²) in [7, 11) is 0. The Hall–Kier alpha value is -2.18. The van der Waals surface area contributed by atoms with Crippen LogP contribution in [0, 0.1) is 0 Å². The van der Waals surface area contributed by atoms with Crippen molar-refractivity contribution in [2.24, 2.45) is 0 Å². The fourth-order valence-corrected chi connectivity index (χ4v) is 2.77. The van der Waals surface area contributed by atoms with E-state index in [1.165, 1.54) is 12.1 Å². The maximum atomic E-state index is 13.6. The van der Waals surface area contributed by atoms with Gasteiger partial charge in [-0.3, -0.25) is 0 Å².